The van der Waals surface area contributed by atoms with Crippen molar-refractivity contribution in [2.24, 2.45) is 0 Å². The maximum absolute atomic E-state index is 11.8. The van der Waals surface area contributed by atoms with Gasteiger partial charge >= 0.3 is 29.6 Å². The molecule has 3 aromatic rings. The summed E-state index contributed by atoms with van der Waals surface area (Å²) in [5.41, 5.74) is 2.23. The second kappa shape index (κ2) is 10.7. The van der Waals surface area contributed by atoms with E-state index in [1.807, 2.05) is 18.2 Å². The molecule has 5 rings (SSSR count). The number of ether oxygens (including phenoxy) is 2. The molecule has 0 unspecified atom stereocenters. The Balaban J connectivity index is 0.00000259. The van der Waals surface area contributed by atoms with Crippen molar-refractivity contribution in [2.75, 3.05) is 52.6 Å². The Morgan fingerprint density at radius 3 is 1.67 bits per heavy atom. The van der Waals surface area contributed by atoms with Crippen LogP contribution in [-0.4, -0.2) is 75.4 Å². The maximum atomic E-state index is 11.8. The SMILES string of the molecule is O=S(=O)([O-])c1ccc2c(CN3CCOCC3)c3ccccc3c(CN3CCOCC3)c2c1.[Na+]. The molecule has 0 aromatic heterocycles. The van der Waals surface area contributed by atoms with Crippen LogP contribution >= 0.6 is 0 Å². The second-order valence-corrected chi connectivity index (χ2v) is 9.82. The van der Waals surface area contributed by atoms with Crippen molar-refractivity contribution in [3.63, 3.8) is 0 Å². The summed E-state index contributed by atoms with van der Waals surface area (Å²) in [4.78, 5) is 4.51. The van der Waals surface area contributed by atoms with Gasteiger partial charge < -0.3 is 14.0 Å². The van der Waals surface area contributed by atoms with Crippen molar-refractivity contribution in [3.05, 3.63) is 53.6 Å². The predicted molar refractivity (Wildman–Crippen MR) is 122 cm³/mol. The molecule has 2 aliphatic heterocycles. The van der Waals surface area contributed by atoms with E-state index in [-0.39, 0.29) is 34.5 Å². The number of fused-ring (bicyclic) bond motifs is 2. The molecule has 0 N–H and O–H groups in total. The zero-order valence-corrected chi connectivity index (χ0v) is 21.8. The number of hydrogen-bond donors (Lipinski definition) is 0. The topological polar surface area (TPSA) is 82.1 Å². The van der Waals surface area contributed by atoms with Gasteiger partial charge in [-0.25, -0.2) is 8.42 Å². The summed E-state index contributed by atoms with van der Waals surface area (Å²) in [5, 5.41) is 4.13. The van der Waals surface area contributed by atoms with Crippen molar-refractivity contribution in [3.8, 4) is 0 Å². The minimum Gasteiger partial charge on any atom is -0.744 e. The number of rotatable bonds is 5. The molecule has 170 valence electrons. The summed E-state index contributed by atoms with van der Waals surface area (Å²) in [5.74, 6) is 0. The van der Waals surface area contributed by atoms with Crippen molar-refractivity contribution >= 4 is 31.7 Å². The Morgan fingerprint density at radius 1 is 0.727 bits per heavy atom. The van der Waals surface area contributed by atoms with Gasteiger partial charge in [0.1, 0.15) is 10.1 Å². The van der Waals surface area contributed by atoms with Crippen molar-refractivity contribution in [1.82, 2.24) is 9.80 Å². The van der Waals surface area contributed by atoms with Crippen LogP contribution in [0.3, 0.4) is 0 Å². The summed E-state index contributed by atoms with van der Waals surface area (Å²) >= 11 is 0. The third-order valence-corrected chi connectivity index (χ3v) is 7.31. The van der Waals surface area contributed by atoms with Gasteiger partial charge in [0, 0.05) is 39.3 Å². The van der Waals surface area contributed by atoms with E-state index in [0.29, 0.717) is 33.0 Å². The van der Waals surface area contributed by atoms with Gasteiger partial charge in [0.05, 0.1) is 31.3 Å². The van der Waals surface area contributed by atoms with Crippen molar-refractivity contribution in [2.45, 2.75) is 18.0 Å². The largest absolute Gasteiger partial charge is 1.00 e. The molecule has 33 heavy (non-hydrogen) atoms. The Kier molecular flexibility index (Phi) is 8.10. The van der Waals surface area contributed by atoms with E-state index in [1.54, 1.807) is 6.07 Å². The van der Waals surface area contributed by atoms with Crippen LogP contribution in [0.4, 0.5) is 0 Å². The first-order valence-corrected chi connectivity index (χ1v) is 12.4. The zero-order chi connectivity index (χ0) is 22.1. The van der Waals surface area contributed by atoms with Gasteiger partial charge in [0.2, 0.25) is 0 Å². The quantitative estimate of drug-likeness (QED) is 0.280. The van der Waals surface area contributed by atoms with E-state index in [4.69, 9.17) is 9.47 Å². The molecular formula is C24H27N2NaO5S. The van der Waals surface area contributed by atoms with Gasteiger partial charge in [0.15, 0.2) is 0 Å². The van der Waals surface area contributed by atoms with Gasteiger partial charge in [-0.3, -0.25) is 9.80 Å². The average molecular weight is 479 g/mol. The second-order valence-electron chi connectivity index (χ2n) is 8.44. The van der Waals surface area contributed by atoms with Crippen LogP contribution in [0, 0.1) is 0 Å². The Labute approximate surface area is 216 Å². The molecule has 0 amide bonds. The molecule has 2 saturated heterocycles. The van der Waals surface area contributed by atoms with Crippen LogP contribution in [0.1, 0.15) is 11.1 Å². The molecule has 0 atom stereocenters. The van der Waals surface area contributed by atoms with Crippen LogP contribution in [0.15, 0.2) is 47.4 Å². The fourth-order valence-corrected chi connectivity index (χ4v) is 5.29. The van der Waals surface area contributed by atoms with Crippen molar-refractivity contribution in [1.29, 1.82) is 0 Å². The molecule has 2 aliphatic rings. The molecule has 2 fully saturated rings. The fourth-order valence-electron chi connectivity index (χ4n) is 4.80. The van der Waals surface area contributed by atoms with Crippen molar-refractivity contribution < 1.29 is 52.0 Å². The van der Waals surface area contributed by atoms with Gasteiger partial charge in [-0.1, -0.05) is 30.3 Å². The molecule has 9 heteroatoms. The standard InChI is InChI=1S/C24H28N2O5S.Na/c27-32(28,29)18-5-6-21-22(15-18)24(17-26-9-13-31-14-10-26)20-4-2-1-3-19(20)23(21)16-25-7-11-30-12-8-25;/h1-6,15H,7-14,16-17H2,(H,27,28,29);/q;+1/p-1. The van der Waals surface area contributed by atoms with E-state index < -0.39 is 10.1 Å². The number of nitrogens with zero attached hydrogens (tertiary/aromatic N) is 2. The summed E-state index contributed by atoms with van der Waals surface area (Å²) in [6.07, 6.45) is 0. The minimum absolute atomic E-state index is 0. The summed E-state index contributed by atoms with van der Waals surface area (Å²) in [6.45, 7) is 7.60. The summed E-state index contributed by atoms with van der Waals surface area (Å²) in [7, 11) is -4.55. The Bertz CT molecular complexity index is 1240. The first kappa shape index (κ1) is 25.0. The normalized spacial score (nSPS) is 18.5. The first-order chi connectivity index (χ1) is 15.5. The fraction of sp³-hybridized carbons (Fsp3) is 0.417. The van der Waals surface area contributed by atoms with E-state index in [9.17, 15) is 13.0 Å². The number of hydrogen-bond acceptors (Lipinski definition) is 7. The molecular weight excluding hydrogens is 451 g/mol. The molecule has 0 aliphatic carbocycles. The molecule has 0 radical (unpaired) electrons. The molecule has 0 spiro atoms. The van der Waals surface area contributed by atoms with Crippen LogP contribution in [0.2, 0.25) is 0 Å². The zero-order valence-electron chi connectivity index (χ0n) is 19.0. The van der Waals surface area contributed by atoms with E-state index in [0.717, 1.165) is 60.0 Å². The maximum Gasteiger partial charge on any atom is 1.00 e. The third-order valence-electron chi connectivity index (χ3n) is 6.48. The van der Waals surface area contributed by atoms with Gasteiger partial charge in [-0.05, 0) is 44.8 Å². The number of benzene rings is 3. The van der Waals surface area contributed by atoms with E-state index >= 15 is 0 Å². The van der Waals surface area contributed by atoms with Crippen LogP contribution in [0.5, 0.6) is 0 Å². The minimum atomic E-state index is -4.55. The molecule has 7 nitrogen and oxygen atoms in total. The van der Waals surface area contributed by atoms with E-state index in [1.165, 1.54) is 11.5 Å². The summed E-state index contributed by atoms with van der Waals surface area (Å²) < 4.78 is 46.5. The Morgan fingerprint density at radius 2 is 1.18 bits per heavy atom. The number of morpholine rings is 2. The first-order valence-electron chi connectivity index (χ1n) is 11.0. The van der Waals surface area contributed by atoms with Gasteiger partial charge in [-0.15, -0.1) is 0 Å². The third kappa shape index (κ3) is 5.45. The average Bonchev–Trinajstić information content (AvgIpc) is 2.81. The van der Waals surface area contributed by atoms with Crippen LogP contribution in [-0.2, 0) is 32.7 Å². The molecule has 3 aromatic carbocycles. The Hall–Kier alpha value is -1.07. The molecule has 0 bridgehead atoms. The predicted octanol–water partition coefficient (Wildman–Crippen LogP) is -0.434. The molecule has 0 saturated carbocycles. The van der Waals surface area contributed by atoms with Crippen LogP contribution < -0.4 is 29.6 Å². The monoisotopic (exact) mass is 478 g/mol. The molecule has 2 heterocycles. The van der Waals surface area contributed by atoms with Gasteiger partial charge in [-0.2, -0.15) is 0 Å². The summed E-state index contributed by atoms with van der Waals surface area (Å²) in [6, 6.07) is 13.1. The van der Waals surface area contributed by atoms with Crippen LogP contribution in [0.25, 0.3) is 21.5 Å². The van der Waals surface area contributed by atoms with E-state index in [2.05, 4.69) is 21.9 Å². The smallest absolute Gasteiger partial charge is 0.744 e. The van der Waals surface area contributed by atoms with Gasteiger partial charge in [0.25, 0.3) is 0 Å².